The van der Waals surface area contributed by atoms with Gasteiger partial charge in [0.1, 0.15) is 0 Å². The zero-order valence-electron chi connectivity index (χ0n) is 18.3. The topological polar surface area (TPSA) is 120 Å². The van der Waals surface area contributed by atoms with Crippen LogP contribution in [0.4, 0.5) is 0 Å². The molecule has 2 saturated heterocycles. The van der Waals surface area contributed by atoms with Crippen molar-refractivity contribution >= 4 is 17.7 Å². The number of aliphatic hydroxyl groups is 1. The Kier molecular flexibility index (Phi) is 7.67. The first-order valence-electron chi connectivity index (χ1n) is 11.1. The molecule has 2 aliphatic rings. The van der Waals surface area contributed by atoms with Crippen molar-refractivity contribution in [2.24, 2.45) is 11.3 Å². The summed E-state index contributed by atoms with van der Waals surface area (Å²) in [6.07, 6.45) is 1.04. The molecule has 2 fully saturated rings. The van der Waals surface area contributed by atoms with Gasteiger partial charge in [-0.1, -0.05) is 44.2 Å². The van der Waals surface area contributed by atoms with Gasteiger partial charge in [0.15, 0.2) is 6.10 Å². The third-order valence-corrected chi connectivity index (χ3v) is 6.25. The number of nitrogens with one attached hydrogen (secondary N) is 4. The standard InChI is InChI=1S/C23H34N4O4/c1-23(2)9-11-24-18(13-23)21(30)27-17(12-16-8-10-25-20(16)29)19(28)22(31)26-14-15-6-4-3-5-7-15/h3-7,16-19,24,28H,8-14H2,1-2H3,(H,25,29)(H,26,31)(H,27,30)/t16-,17?,18-,19?/m0/s1. The van der Waals surface area contributed by atoms with Crippen molar-refractivity contribution in [1.29, 1.82) is 0 Å². The van der Waals surface area contributed by atoms with E-state index >= 15 is 0 Å². The van der Waals surface area contributed by atoms with Gasteiger partial charge in [-0.05, 0) is 43.2 Å². The number of carbonyl (C=O) groups is 3. The third-order valence-electron chi connectivity index (χ3n) is 6.25. The molecule has 1 aromatic carbocycles. The van der Waals surface area contributed by atoms with Crippen LogP contribution in [0.25, 0.3) is 0 Å². The van der Waals surface area contributed by atoms with Crippen molar-refractivity contribution in [2.45, 2.75) is 64.3 Å². The van der Waals surface area contributed by atoms with Crippen LogP contribution in [0, 0.1) is 11.3 Å². The molecule has 2 unspecified atom stereocenters. The van der Waals surface area contributed by atoms with Crippen LogP contribution in [-0.4, -0.2) is 54.1 Å². The molecule has 5 N–H and O–H groups in total. The van der Waals surface area contributed by atoms with Gasteiger partial charge in [-0.15, -0.1) is 0 Å². The molecule has 3 amide bonds. The molecule has 2 heterocycles. The summed E-state index contributed by atoms with van der Waals surface area (Å²) in [6.45, 7) is 5.83. The lowest BCUT2D eigenvalue weighted by Crippen LogP contribution is -2.57. The lowest BCUT2D eigenvalue weighted by Gasteiger charge is -2.36. The number of piperidine rings is 1. The fourth-order valence-electron chi connectivity index (χ4n) is 4.30. The van der Waals surface area contributed by atoms with Crippen molar-refractivity contribution in [2.75, 3.05) is 13.1 Å². The first-order valence-corrected chi connectivity index (χ1v) is 11.1. The maximum Gasteiger partial charge on any atom is 0.251 e. The summed E-state index contributed by atoms with van der Waals surface area (Å²) in [5.41, 5.74) is 0.951. The van der Waals surface area contributed by atoms with Crippen LogP contribution in [0.1, 0.15) is 45.1 Å². The van der Waals surface area contributed by atoms with Crippen molar-refractivity contribution in [3.8, 4) is 0 Å². The average molecular weight is 431 g/mol. The third kappa shape index (κ3) is 6.51. The molecular weight excluding hydrogens is 396 g/mol. The molecular formula is C23H34N4O4. The normalized spacial score (nSPS) is 24.7. The van der Waals surface area contributed by atoms with Gasteiger partial charge in [0.2, 0.25) is 11.8 Å². The van der Waals surface area contributed by atoms with E-state index in [-0.39, 0.29) is 42.2 Å². The Morgan fingerprint density at radius 3 is 2.61 bits per heavy atom. The second kappa shape index (κ2) is 10.2. The number of benzene rings is 1. The molecule has 0 radical (unpaired) electrons. The van der Waals surface area contributed by atoms with Gasteiger partial charge in [0, 0.05) is 19.0 Å². The highest BCUT2D eigenvalue weighted by Gasteiger charge is 2.37. The maximum atomic E-state index is 12.9. The number of hydrogen-bond donors (Lipinski definition) is 5. The zero-order valence-corrected chi connectivity index (χ0v) is 18.3. The van der Waals surface area contributed by atoms with Crippen molar-refractivity contribution in [3.05, 3.63) is 35.9 Å². The summed E-state index contributed by atoms with van der Waals surface area (Å²) in [7, 11) is 0. The first kappa shape index (κ1) is 23.2. The smallest absolute Gasteiger partial charge is 0.251 e. The molecule has 8 nitrogen and oxygen atoms in total. The van der Waals surface area contributed by atoms with Crippen LogP contribution < -0.4 is 21.3 Å². The van der Waals surface area contributed by atoms with E-state index in [0.29, 0.717) is 19.4 Å². The Labute approximate surface area is 183 Å². The van der Waals surface area contributed by atoms with Crippen molar-refractivity contribution < 1.29 is 19.5 Å². The fraction of sp³-hybridized carbons (Fsp3) is 0.609. The first-order chi connectivity index (χ1) is 14.7. The van der Waals surface area contributed by atoms with E-state index in [0.717, 1.165) is 18.5 Å². The van der Waals surface area contributed by atoms with Gasteiger partial charge in [-0.2, -0.15) is 0 Å². The molecule has 2 aliphatic heterocycles. The van der Waals surface area contributed by atoms with Gasteiger partial charge in [0.05, 0.1) is 12.1 Å². The quantitative estimate of drug-likeness (QED) is 0.410. The van der Waals surface area contributed by atoms with E-state index in [1.807, 2.05) is 30.3 Å². The summed E-state index contributed by atoms with van der Waals surface area (Å²) in [4.78, 5) is 37.7. The summed E-state index contributed by atoms with van der Waals surface area (Å²) in [5, 5.41) is 22.4. The zero-order chi connectivity index (χ0) is 22.4. The van der Waals surface area contributed by atoms with Gasteiger partial charge >= 0.3 is 0 Å². The minimum Gasteiger partial charge on any atom is -0.381 e. The highest BCUT2D eigenvalue weighted by Crippen LogP contribution is 2.29. The molecule has 31 heavy (non-hydrogen) atoms. The molecule has 0 spiro atoms. The van der Waals surface area contributed by atoms with E-state index in [4.69, 9.17) is 0 Å². The molecule has 8 heteroatoms. The number of amides is 3. The van der Waals surface area contributed by atoms with E-state index in [1.165, 1.54) is 0 Å². The monoisotopic (exact) mass is 430 g/mol. The fourth-order valence-corrected chi connectivity index (χ4v) is 4.30. The number of carbonyl (C=O) groups excluding carboxylic acids is 3. The molecule has 0 aromatic heterocycles. The lowest BCUT2D eigenvalue weighted by molar-refractivity contribution is -0.134. The second-order valence-corrected chi connectivity index (χ2v) is 9.40. The molecule has 3 rings (SSSR count). The predicted molar refractivity (Wildman–Crippen MR) is 117 cm³/mol. The molecule has 0 aliphatic carbocycles. The maximum absolute atomic E-state index is 12.9. The Morgan fingerprint density at radius 1 is 1.23 bits per heavy atom. The largest absolute Gasteiger partial charge is 0.381 e. The van der Waals surface area contributed by atoms with E-state index in [1.54, 1.807) is 0 Å². The molecule has 0 saturated carbocycles. The SMILES string of the molecule is CC1(C)CCN[C@H](C(=O)NC(C[C@@H]2CCNC2=O)C(O)C(=O)NCc2ccccc2)C1. The summed E-state index contributed by atoms with van der Waals surface area (Å²) < 4.78 is 0. The van der Waals surface area contributed by atoms with Crippen LogP contribution in [0.15, 0.2) is 30.3 Å². The van der Waals surface area contributed by atoms with Crippen molar-refractivity contribution in [1.82, 2.24) is 21.3 Å². The Bertz CT molecular complexity index is 783. The van der Waals surface area contributed by atoms with Crippen LogP contribution in [0.3, 0.4) is 0 Å². The van der Waals surface area contributed by atoms with E-state index < -0.39 is 18.1 Å². The van der Waals surface area contributed by atoms with Gasteiger partial charge < -0.3 is 26.4 Å². The Balaban J connectivity index is 1.65. The van der Waals surface area contributed by atoms with E-state index in [9.17, 15) is 19.5 Å². The number of hydrogen-bond acceptors (Lipinski definition) is 5. The van der Waals surface area contributed by atoms with Gasteiger partial charge in [0.25, 0.3) is 5.91 Å². The minimum absolute atomic E-state index is 0.0414. The van der Waals surface area contributed by atoms with Crippen LogP contribution in [-0.2, 0) is 20.9 Å². The van der Waals surface area contributed by atoms with Gasteiger partial charge in [-0.3, -0.25) is 14.4 Å². The van der Waals surface area contributed by atoms with Crippen LogP contribution in [0.2, 0.25) is 0 Å². The summed E-state index contributed by atoms with van der Waals surface area (Å²) >= 11 is 0. The summed E-state index contributed by atoms with van der Waals surface area (Å²) in [6, 6.07) is 8.17. The Morgan fingerprint density at radius 2 is 1.97 bits per heavy atom. The number of aliphatic hydroxyl groups excluding tert-OH is 1. The van der Waals surface area contributed by atoms with Gasteiger partial charge in [-0.25, -0.2) is 0 Å². The Hall–Kier alpha value is -2.45. The van der Waals surface area contributed by atoms with E-state index in [2.05, 4.69) is 35.1 Å². The molecule has 170 valence electrons. The number of rotatable bonds is 8. The average Bonchev–Trinajstić information content (AvgIpc) is 3.15. The molecule has 4 atom stereocenters. The molecule has 0 bridgehead atoms. The highest BCUT2D eigenvalue weighted by atomic mass is 16.3. The highest BCUT2D eigenvalue weighted by molar-refractivity contribution is 5.86. The summed E-state index contributed by atoms with van der Waals surface area (Å²) in [5.74, 6) is -1.25. The van der Waals surface area contributed by atoms with Crippen LogP contribution in [0.5, 0.6) is 0 Å². The van der Waals surface area contributed by atoms with Crippen LogP contribution >= 0.6 is 0 Å². The molecule has 1 aromatic rings. The lowest BCUT2D eigenvalue weighted by atomic mass is 9.79. The van der Waals surface area contributed by atoms with Crippen molar-refractivity contribution in [3.63, 3.8) is 0 Å². The predicted octanol–water partition coefficient (Wildman–Crippen LogP) is 0.453. The minimum atomic E-state index is -1.45. The second-order valence-electron chi connectivity index (χ2n) is 9.40.